The minimum atomic E-state index is -0.320. The SMILES string of the molecule is CC(C)(N)Cc1c(Cl)ccc2c1OCCO2. The molecule has 0 saturated heterocycles. The van der Waals surface area contributed by atoms with Crippen molar-refractivity contribution in [3.63, 3.8) is 0 Å². The molecule has 16 heavy (non-hydrogen) atoms. The lowest BCUT2D eigenvalue weighted by Gasteiger charge is -2.25. The predicted octanol–water partition coefficient (Wildman–Crippen LogP) is 2.39. The summed E-state index contributed by atoms with van der Waals surface area (Å²) in [7, 11) is 0. The smallest absolute Gasteiger partial charge is 0.166 e. The van der Waals surface area contributed by atoms with Crippen LogP contribution in [0, 0.1) is 0 Å². The summed E-state index contributed by atoms with van der Waals surface area (Å²) in [6, 6.07) is 3.67. The quantitative estimate of drug-likeness (QED) is 0.865. The first kappa shape index (κ1) is 11.6. The third-order valence-electron chi connectivity index (χ3n) is 2.39. The Balaban J connectivity index is 2.42. The van der Waals surface area contributed by atoms with Gasteiger partial charge in [0.15, 0.2) is 11.5 Å². The molecule has 1 aromatic carbocycles. The molecule has 88 valence electrons. The van der Waals surface area contributed by atoms with Gasteiger partial charge in [-0.3, -0.25) is 0 Å². The number of hydrogen-bond donors (Lipinski definition) is 1. The number of ether oxygens (including phenoxy) is 2. The number of benzene rings is 1. The van der Waals surface area contributed by atoms with Crippen molar-refractivity contribution >= 4 is 11.6 Å². The van der Waals surface area contributed by atoms with Crippen LogP contribution < -0.4 is 15.2 Å². The van der Waals surface area contributed by atoms with Gasteiger partial charge in [-0.05, 0) is 32.4 Å². The first-order chi connectivity index (χ1) is 7.47. The molecule has 0 aliphatic carbocycles. The summed E-state index contributed by atoms with van der Waals surface area (Å²) in [4.78, 5) is 0. The van der Waals surface area contributed by atoms with Crippen LogP contribution in [0.5, 0.6) is 11.5 Å². The van der Waals surface area contributed by atoms with Crippen molar-refractivity contribution < 1.29 is 9.47 Å². The van der Waals surface area contributed by atoms with Crippen LogP contribution in [0.25, 0.3) is 0 Å². The predicted molar refractivity (Wildman–Crippen MR) is 64.4 cm³/mol. The van der Waals surface area contributed by atoms with E-state index in [1.165, 1.54) is 0 Å². The Bertz CT molecular complexity index is 399. The maximum atomic E-state index is 6.18. The molecule has 0 atom stereocenters. The molecule has 0 radical (unpaired) electrons. The minimum absolute atomic E-state index is 0.320. The maximum absolute atomic E-state index is 6.18. The molecule has 1 aliphatic rings. The number of hydrogen-bond acceptors (Lipinski definition) is 3. The maximum Gasteiger partial charge on any atom is 0.166 e. The molecule has 0 bridgehead atoms. The Labute approximate surface area is 100 Å². The van der Waals surface area contributed by atoms with Gasteiger partial charge in [0.05, 0.1) is 0 Å². The molecule has 0 amide bonds. The fourth-order valence-electron chi connectivity index (χ4n) is 1.77. The van der Waals surface area contributed by atoms with Gasteiger partial charge in [0.25, 0.3) is 0 Å². The van der Waals surface area contributed by atoms with E-state index < -0.39 is 0 Å². The van der Waals surface area contributed by atoms with E-state index in [0.29, 0.717) is 24.7 Å². The summed E-state index contributed by atoms with van der Waals surface area (Å²) in [5, 5.41) is 0.683. The van der Waals surface area contributed by atoms with E-state index in [9.17, 15) is 0 Å². The number of fused-ring (bicyclic) bond motifs is 1. The monoisotopic (exact) mass is 241 g/mol. The number of rotatable bonds is 2. The average Bonchev–Trinajstić information content (AvgIpc) is 2.21. The Kier molecular flexibility index (Phi) is 3.00. The van der Waals surface area contributed by atoms with Crippen molar-refractivity contribution in [2.45, 2.75) is 25.8 Å². The molecule has 1 aromatic rings. The van der Waals surface area contributed by atoms with Gasteiger partial charge in [-0.15, -0.1) is 0 Å². The van der Waals surface area contributed by atoms with Crippen LogP contribution in [0.4, 0.5) is 0 Å². The van der Waals surface area contributed by atoms with E-state index in [0.717, 1.165) is 17.1 Å². The summed E-state index contributed by atoms with van der Waals surface area (Å²) < 4.78 is 11.1. The average molecular weight is 242 g/mol. The fraction of sp³-hybridized carbons (Fsp3) is 0.500. The first-order valence-corrected chi connectivity index (χ1v) is 5.71. The second-order valence-corrected chi connectivity index (χ2v) is 5.12. The van der Waals surface area contributed by atoms with Crippen LogP contribution in [0.3, 0.4) is 0 Å². The van der Waals surface area contributed by atoms with Crippen LogP contribution in [0.15, 0.2) is 12.1 Å². The van der Waals surface area contributed by atoms with Crippen molar-refractivity contribution in [2.75, 3.05) is 13.2 Å². The minimum Gasteiger partial charge on any atom is -0.486 e. The molecule has 0 fully saturated rings. The Morgan fingerprint density at radius 2 is 2.00 bits per heavy atom. The van der Waals surface area contributed by atoms with Gasteiger partial charge in [0, 0.05) is 16.1 Å². The van der Waals surface area contributed by atoms with Gasteiger partial charge in [0.2, 0.25) is 0 Å². The second-order valence-electron chi connectivity index (χ2n) is 4.72. The summed E-state index contributed by atoms with van der Waals surface area (Å²) in [5.74, 6) is 1.51. The molecular weight excluding hydrogens is 226 g/mol. The van der Waals surface area contributed by atoms with Crippen molar-refractivity contribution in [2.24, 2.45) is 5.73 Å². The molecule has 3 nitrogen and oxygen atoms in total. The molecule has 0 unspecified atom stereocenters. The normalized spacial score (nSPS) is 15.0. The van der Waals surface area contributed by atoms with Crippen molar-refractivity contribution in [1.82, 2.24) is 0 Å². The highest BCUT2D eigenvalue weighted by Crippen LogP contribution is 2.39. The first-order valence-electron chi connectivity index (χ1n) is 5.33. The highest BCUT2D eigenvalue weighted by molar-refractivity contribution is 6.31. The van der Waals surface area contributed by atoms with Crippen LogP contribution >= 0.6 is 11.6 Å². The van der Waals surface area contributed by atoms with Gasteiger partial charge in [-0.25, -0.2) is 0 Å². The van der Waals surface area contributed by atoms with E-state index in [1.807, 2.05) is 26.0 Å². The molecule has 2 N–H and O–H groups in total. The highest BCUT2D eigenvalue weighted by Gasteiger charge is 2.23. The summed E-state index contributed by atoms with van der Waals surface area (Å²) in [6.45, 7) is 5.07. The van der Waals surface area contributed by atoms with Gasteiger partial charge in [-0.1, -0.05) is 11.6 Å². The fourth-order valence-corrected chi connectivity index (χ4v) is 1.99. The lowest BCUT2D eigenvalue weighted by atomic mass is 9.95. The molecule has 1 heterocycles. The van der Waals surface area contributed by atoms with Crippen LogP contribution in [0.2, 0.25) is 5.02 Å². The van der Waals surface area contributed by atoms with Crippen molar-refractivity contribution in [1.29, 1.82) is 0 Å². The van der Waals surface area contributed by atoms with Gasteiger partial charge in [-0.2, -0.15) is 0 Å². The summed E-state index contributed by atoms with van der Waals surface area (Å²) in [6.07, 6.45) is 0.665. The third-order valence-corrected chi connectivity index (χ3v) is 2.74. The van der Waals surface area contributed by atoms with E-state index in [-0.39, 0.29) is 5.54 Å². The van der Waals surface area contributed by atoms with Crippen LogP contribution in [0.1, 0.15) is 19.4 Å². The number of nitrogens with two attached hydrogens (primary N) is 1. The molecule has 0 saturated carbocycles. The molecule has 0 spiro atoms. The zero-order chi connectivity index (χ0) is 11.8. The zero-order valence-corrected chi connectivity index (χ0v) is 10.3. The topological polar surface area (TPSA) is 44.5 Å². The van der Waals surface area contributed by atoms with Crippen LogP contribution in [-0.2, 0) is 6.42 Å². The zero-order valence-electron chi connectivity index (χ0n) is 9.55. The Hall–Kier alpha value is -0.930. The van der Waals surface area contributed by atoms with Gasteiger partial charge < -0.3 is 15.2 Å². The van der Waals surface area contributed by atoms with E-state index >= 15 is 0 Å². The molecule has 0 aromatic heterocycles. The lowest BCUT2D eigenvalue weighted by Crippen LogP contribution is -2.35. The Morgan fingerprint density at radius 1 is 1.31 bits per heavy atom. The molecular formula is C12H16ClNO2. The van der Waals surface area contributed by atoms with E-state index in [4.69, 9.17) is 26.8 Å². The summed E-state index contributed by atoms with van der Waals surface area (Å²) >= 11 is 6.18. The second kappa shape index (κ2) is 4.15. The molecule has 1 aliphatic heterocycles. The van der Waals surface area contributed by atoms with E-state index in [2.05, 4.69) is 0 Å². The number of halogens is 1. The lowest BCUT2D eigenvalue weighted by molar-refractivity contribution is 0.169. The van der Waals surface area contributed by atoms with Gasteiger partial charge in [0.1, 0.15) is 13.2 Å². The largest absolute Gasteiger partial charge is 0.486 e. The third kappa shape index (κ3) is 2.42. The van der Waals surface area contributed by atoms with Gasteiger partial charge >= 0.3 is 0 Å². The van der Waals surface area contributed by atoms with Crippen LogP contribution in [-0.4, -0.2) is 18.8 Å². The van der Waals surface area contributed by atoms with Crippen molar-refractivity contribution in [3.8, 4) is 11.5 Å². The molecule has 4 heteroatoms. The highest BCUT2D eigenvalue weighted by atomic mass is 35.5. The standard InChI is InChI=1S/C12H16ClNO2/c1-12(2,14)7-8-9(13)3-4-10-11(8)16-6-5-15-10/h3-4H,5-7,14H2,1-2H3. The van der Waals surface area contributed by atoms with E-state index in [1.54, 1.807) is 0 Å². The molecule has 2 rings (SSSR count). The van der Waals surface area contributed by atoms with Crippen molar-refractivity contribution in [3.05, 3.63) is 22.7 Å². The summed E-state index contributed by atoms with van der Waals surface area (Å²) in [5.41, 5.74) is 6.63. The Morgan fingerprint density at radius 3 is 2.69 bits per heavy atom.